The first-order chi connectivity index (χ1) is 13.6. The SMILES string of the molecule is COCCc1nc2scc(C(=O)O)c2c(=O)n1CCCCOc1ccccc1. The predicted octanol–water partition coefficient (Wildman–Crippen LogP) is 3.20. The van der Waals surface area contributed by atoms with Crippen molar-refractivity contribution in [1.29, 1.82) is 0 Å². The molecule has 0 amide bonds. The Kier molecular flexibility index (Phi) is 6.78. The molecular weight excluding hydrogens is 380 g/mol. The molecule has 0 unspecified atom stereocenters. The van der Waals surface area contributed by atoms with Gasteiger partial charge in [-0.15, -0.1) is 11.3 Å². The molecule has 0 saturated heterocycles. The molecule has 0 fully saturated rings. The first-order valence-electron chi connectivity index (χ1n) is 9.02. The number of ether oxygens (including phenoxy) is 2. The maximum atomic E-state index is 13.0. The van der Waals surface area contributed by atoms with Gasteiger partial charge in [-0.05, 0) is 25.0 Å². The van der Waals surface area contributed by atoms with Crippen LogP contribution >= 0.6 is 11.3 Å². The fourth-order valence-electron chi connectivity index (χ4n) is 2.92. The molecule has 3 aromatic rings. The molecule has 8 heteroatoms. The van der Waals surface area contributed by atoms with Crippen LogP contribution in [0, 0.1) is 0 Å². The van der Waals surface area contributed by atoms with E-state index in [2.05, 4.69) is 4.98 Å². The summed E-state index contributed by atoms with van der Waals surface area (Å²) in [5.74, 6) is 0.313. The summed E-state index contributed by atoms with van der Waals surface area (Å²) >= 11 is 1.18. The number of rotatable bonds is 10. The Balaban J connectivity index is 1.75. The van der Waals surface area contributed by atoms with Crippen LogP contribution in [-0.2, 0) is 17.7 Å². The number of nitrogens with zero attached hydrogens (tertiary/aromatic N) is 2. The quantitative estimate of drug-likeness (QED) is 0.524. The number of aromatic nitrogens is 2. The number of fused-ring (bicyclic) bond motifs is 1. The Labute approximate surface area is 166 Å². The zero-order chi connectivity index (χ0) is 19.9. The van der Waals surface area contributed by atoms with E-state index in [1.165, 1.54) is 16.7 Å². The molecule has 2 aromatic heterocycles. The van der Waals surface area contributed by atoms with Crippen LogP contribution in [0.4, 0.5) is 0 Å². The van der Waals surface area contributed by atoms with Gasteiger partial charge in [0.1, 0.15) is 16.4 Å². The Morgan fingerprint density at radius 2 is 2.00 bits per heavy atom. The first-order valence-corrected chi connectivity index (χ1v) is 9.90. The number of para-hydroxylation sites is 1. The molecule has 148 valence electrons. The lowest BCUT2D eigenvalue weighted by atomic mass is 10.2. The highest BCUT2D eigenvalue weighted by molar-refractivity contribution is 7.17. The van der Waals surface area contributed by atoms with Gasteiger partial charge in [0.05, 0.1) is 24.2 Å². The molecule has 28 heavy (non-hydrogen) atoms. The van der Waals surface area contributed by atoms with Crippen LogP contribution in [0.15, 0.2) is 40.5 Å². The lowest BCUT2D eigenvalue weighted by Gasteiger charge is -2.13. The standard InChI is InChI=1S/C20H22N2O5S/c1-26-12-9-16-21-18-17(15(13-28-18)20(24)25)19(23)22(16)10-5-6-11-27-14-7-3-2-4-8-14/h2-4,7-8,13H,5-6,9-12H2,1H3,(H,24,25). The minimum Gasteiger partial charge on any atom is -0.494 e. The highest BCUT2D eigenvalue weighted by Gasteiger charge is 2.19. The van der Waals surface area contributed by atoms with Crippen molar-refractivity contribution in [2.75, 3.05) is 20.3 Å². The molecule has 7 nitrogen and oxygen atoms in total. The van der Waals surface area contributed by atoms with E-state index in [0.29, 0.717) is 43.3 Å². The van der Waals surface area contributed by atoms with Crippen molar-refractivity contribution in [2.45, 2.75) is 25.8 Å². The molecule has 0 saturated carbocycles. The second-order valence-electron chi connectivity index (χ2n) is 6.23. The van der Waals surface area contributed by atoms with E-state index in [9.17, 15) is 14.7 Å². The molecule has 0 bridgehead atoms. The first kappa shape index (κ1) is 20.0. The molecule has 3 rings (SSSR count). The molecule has 0 aliphatic heterocycles. The van der Waals surface area contributed by atoms with E-state index in [0.717, 1.165) is 12.2 Å². The third-order valence-electron chi connectivity index (χ3n) is 4.32. The number of hydrogen-bond donors (Lipinski definition) is 1. The van der Waals surface area contributed by atoms with E-state index in [1.54, 1.807) is 11.7 Å². The average Bonchev–Trinajstić information content (AvgIpc) is 3.13. The van der Waals surface area contributed by atoms with Crippen LogP contribution in [-0.4, -0.2) is 41.0 Å². The van der Waals surface area contributed by atoms with Gasteiger partial charge in [-0.1, -0.05) is 18.2 Å². The van der Waals surface area contributed by atoms with Crippen LogP contribution in [0.2, 0.25) is 0 Å². The second kappa shape index (κ2) is 9.48. The number of carboxylic acids is 1. The van der Waals surface area contributed by atoms with Crippen molar-refractivity contribution < 1.29 is 19.4 Å². The minimum absolute atomic E-state index is 0.0111. The summed E-state index contributed by atoms with van der Waals surface area (Å²) in [6.07, 6.45) is 1.97. The lowest BCUT2D eigenvalue weighted by Crippen LogP contribution is -2.27. The van der Waals surface area contributed by atoms with Gasteiger partial charge in [-0.2, -0.15) is 0 Å². The number of aromatic carboxylic acids is 1. The van der Waals surface area contributed by atoms with Gasteiger partial charge in [0.25, 0.3) is 5.56 Å². The summed E-state index contributed by atoms with van der Waals surface area (Å²) in [5.41, 5.74) is -0.296. The van der Waals surface area contributed by atoms with E-state index in [4.69, 9.17) is 9.47 Å². The Morgan fingerprint density at radius 3 is 2.71 bits per heavy atom. The minimum atomic E-state index is -1.11. The maximum Gasteiger partial charge on any atom is 0.337 e. The lowest BCUT2D eigenvalue weighted by molar-refractivity contribution is 0.0699. The number of hydrogen-bond acceptors (Lipinski definition) is 6. The van der Waals surface area contributed by atoms with Gasteiger partial charge in [-0.3, -0.25) is 9.36 Å². The predicted molar refractivity (Wildman–Crippen MR) is 108 cm³/mol. The number of carboxylic acid groups (broad SMARTS) is 1. The van der Waals surface area contributed by atoms with Crippen LogP contribution in [0.3, 0.4) is 0 Å². The van der Waals surface area contributed by atoms with E-state index in [-0.39, 0.29) is 16.5 Å². The van der Waals surface area contributed by atoms with Crippen molar-refractivity contribution in [1.82, 2.24) is 9.55 Å². The molecule has 0 radical (unpaired) electrons. The Morgan fingerprint density at radius 1 is 1.21 bits per heavy atom. The fraction of sp³-hybridized carbons (Fsp3) is 0.350. The Hall–Kier alpha value is -2.71. The highest BCUT2D eigenvalue weighted by atomic mass is 32.1. The summed E-state index contributed by atoms with van der Waals surface area (Å²) in [7, 11) is 1.59. The highest BCUT2D eigenvalue weighted by Crippen LogP contribution is 2.22. The van der Waals surface area contributed by atoms with Crippen LogP contribution < -0.4 is 10.3 Å². The topological polar surface area (TPSA) is 90.7 Å². The zero-order valence-corrected chi connectivity index (χ0v) is 16.4. The maximum absolute atomic E-state index is 13.0. The smallest absolute Gasteiger partial charge is 0.337 e. The van der Waals surface area contributed by atoms with Gasteiger partial charge in [-0.25, -0.2) is 9.78 Å². The molecule has 0 atom stereocenters. The van der Waals surface area contributed by atoms with Crippen molar-refractivity contribution >= 4 is 27.5 Å². The summed E-state index contributed by atoms with van der Waals surface area (Å²) in [6.45, 7) is 1.43. The van der Waals surface area contributed by atoms with Crippen LogP contribution in [0.1, 0.15) is 29.0 Å². The molecule has 0 spiro atoms. The average molecular weight is 402 g/mol. The number of unbranched alkanes of at least 4 members (excludes halogenated alkanes) is 1. The van der Waals surface area contributed by atoms with Crippen LogP contribution in [0.5, 0.6) is 5.75 Å². The molecule has 1 N–H and O–H groups in total. The molecule has 0 aliphatic rings. The number of methoxy groups -OCH3 is 1. The van der Waals surface area contributed by atoms with Crippen molar-refractivity contribution in [2.24, 2.45) is 0 Å². The van der Waals surface area contributed by atoms with Crippen LogP contribution in [0.25, 0.3) is 10.2 Å². The molecular formula is C20H22N2O5S. The van der Waals surface area contributed by atoms with Crippen molar-refractivity contribution in [3.05, 3.63) is 57.5 Å². The number of benzene rings is 1. The monoisotopic (exact) mass is 402 g/mol. The van der Waals surface area contributed by atoms with Gasteiger partial charge in [0.15, 0.2) is 0 Å². The van der Waals surface area contributed by atoms with E-state index < -0.39 is 5.97 Å². The molecule has 1 aromatic carbocycles. The van der Waals surface area contributed by atoms with E-state index >= 15 is 0 Å². The largest absolute Gasteiger partial charge is 0.494 e. The Bertz CT molecular complexity index is 997. The zero-order valence-electron chi connectivity index (χ0n) is 15.6. The second-order valence-corrected chi connectivity index (χ2v) is 7.09. The summed E-state index contributed by atoms with van der Waals surface area (Å²) in [5, 5.41) is 11.0. The third-order valence-corrected chi connectivity index (χ3v) is 5.19. The van der Waals surface area contributed by atoms with Crippen molar-refractivity contribution in [3.63, 3.8) is 0 Å². The third kappa shape index (κ3) is 4.58. The van der Waals surface area contributed by atoms with Gasteiger partial charge in [0, 0.05) is 25.5 Å². The normalized spacial score (nSPS) is 11.0. The van der Waals surface area contributed by atoms with Gasteiger partial charge < -0.3 is 14.6 Å². The van der Waals surface area contributed by atoms with Crippen molar-refractivity contribution in [3.8, 4) is 5.75 Å². The summed E-state index contributed by atoms with van der Waals surface area (Å²) < 4.78 is 12.4. The number of thiophene rings is 1. The van der Waals surface area contributed by atoms with Gasteiger partial charge in [0.2, 0.25) is 0 Å². The fourth-order valence-corrected chi connectivity index (χ4v) is 3.84. The molecule has 2 heterocycles. The summed E-state index contributed by atoms with van der Waals surface area (Å²) in [4.78, 5) is 29.4. The van der Waals surface area contributed by atoms with E-state index in [1.807, 2.05) is 30.3 Å². The van der Waals surface area contributed by atoms with Gasteiger partial charge >= 0.3 is 5.97 Å². The molecule has 0 aliphatic carbocycles. The summed E-state index contributed by atoms with van der Waals surface area (Å²) in [6, 6.07) is 9.56. The number of carbonyl (C=O) groups is 1.